The average molecular weight is 282 g/mol. The molecule has 0 aliphatic heterocycles. The number of carbonyl (C=O) groups is 1. The third-order valence-corrected chi connectivity index (χ3v) is 3.31. The molecule has 6 nitrogen and oxygen atoms in total. The molecule has 3 aromatic rings. The van der Waals surface area contributed by atoms with Gasteiger partial charge in [-0.2, -0.15) is 9.50 Å². The fraction of sp³-hybridized carbons (Fsp3) is 0.200. The molecule has 21 heavy (non-hydrogen) atoms. The lowest BCUT2D eigenvalue weighted by Crippen LogP contribution is -2.00. The molecule has 1 aromatic carbocycles. The Morgan fingerprint density at radius 2 is 1.90 bits per heavy atom. The molecule has 0 amide bonds. The van der Waals surface area contributed by atoms with Crippen LogP contribution in [-0.4, -0.2) is 30.7 Å². The zero-order valence-electron chi connectivity index (χ0n) is 11.7. The summed E-state index contributed by atoms with van der Waals surface area (Å²) in [6, 6.07) is 9.89. The molecular formula is C15H14N4O2. The largest absolute Gasteiger partial charge is 0.475 e. The van der Waals surface area contributed by atoms with Crippen molar-refractivity contribution in [3.63, 3.8) is 0 Å². The molecule has 2 heterocycles. The van der Waals surface area contributed by atoms with Gasteiger partial charge in [0, 0.05) is 11.8 Å². The number of hydrogen-bond acceptors (Lipinski definition) is 4. The van der Waals surface area contributed by atoms with Gasteiger partial charge in [-0.1, -0.05) is 38.1 Å². The van der Waals surface area contributed by atoms with Gasteiger partial charge < -0.3 is 5.11 Å². The van der Waals surface area contributed by atoms with Crippen LogP contribution in [0.4, 0.5) is 0 Å². The van der Waals surface area contributed by atoms with E-state index in [1.807, 2.05) is 12.1 Å². The normalized spacial score (nSPS) is 11.2. The van der Waals surface area contributed by atoms with Crippen molar-refractivity contribution in [1.29, 1.82) is 0 Å². The van der Waals surface area contributed by atoms with Crippen molar-refractivity contribution in [3.05, 3.63) is 47.9 Å². The molecule has 2 aromatic heterocycles. The smallest absolute Gasteiger partial charge is 0.375 e. The molecule has 0 saturated heterocycles. The number of aromatic carboxylic acids is 1. The SMILES string of the molecule is CC(C)c1ccc(-c2ccnc3nc(C(=O)O)nn23)cc1. The van der Waals surface area contributed by atoms with Crippen LogP contribution in [-0.2, 0) is 0 Å². The number of rotatable bonds is 3. The highest BCUT2D eigenvalue weighted by Crippen LogP contribution is 2.22. The molecule has 0 aliphatic carbocycles. The Morgan fingerprint density at radius 3 is 2.52 bits per heavy atom. The topological polar surface area (TPSA) is 80.4 Å². The van der Waals surface area contributed by atoms with Gasteiger partial charge in [0.25, 0.3) is 11.6 Å². The highest BCUT2D eigenvalue weighted by molar-refractivity contribution is 5.83. The number of carboxylic acid groups (broad SMARTS) is 1. The highest BCUT2D eigenvalue weighted by Gasteiger charge is 2.14. The molecule has 6 heteroatoms. The van der Waals surface area contributed by atoms with Gasteiger partial charge in [-0.15, -0.1) is 5.10 Å². The van der Waals surface area contributed by atoms with Crippen LogP contribution in [0, 0.1) is 0 Å². The Hall–Kier alpha value is -2.76. The minimum absolute atomic E-state index is 0.256. The molecule has 0 radical (unpaired) electrons. The molecule has 0 atom stereocenters. The summed E-state index contributed by atoms with van der Waals surface area (Å²) in [6.45, 7) is 4.27. The minimum Gasteiger partial charge on any atom is -0.475 e. The van der Waals surface area contributed by atoms with Crippen molar-refractivity contribution in [2.45, 2.75) is 19.8 Å². The molecular weight excluding hydrogens is 268 g/mol. The van der Waals surface area contributed by atoms with Crippen LogP contribution in [0.3, 0.4) is 0 Å². The van der Waals surface area contributed by atoms with Crippen LogP contribution in [0.2, 0.25) is 0 Å². The van der Waals surface area contributed by atoms with Gasteiger partial charge in [-0.25, -0.2) is 9.78 Å². The summed E-state index contributed by atoms with van der Waals surface area (Å²) in [4.78, 5) is 18.9. The van der Waals surface area contributed by atoms with E-state index in [-0.39, 0.29) is 11.6 Å². The Balaban J connectivity index is 2.13. The fourth-order valence-corrected chi connectivity index (χ4v) is 2.14. The molecule has 0 saturated carbocycles. The van der Waals surface area contributed by atoms with Crippen molar-refractivity contribution in [2.75, 3.05) is 0 Å². The predicted octanol–water partition coefficient (Wildman–Crippen LogP) is 2.61. The first-order valence-electron chi connectivity index (χ1n) is 6.61. The van der Waals surface area contributed by atoms with Crippen LogP contribution >= 0.6 is 0 Å². The molecule has 0 bridgehead atoms. The Bertz CT molecular complexity index is 806. The van der Waals surface area contributed by atoms with Gasteiger partial charge in [0.1, 0.15) is 0 Å². The maximum atomic E-state index is 11.0. The molecule has 1 N–H and O–H groups in total. The third-order valence-electron chi connectivity index (χ3n) is 3.31. The second kappa shape index (κ2) is 4.97. The summed E-state index contributed by atoms with van der Waals surface area (Å²) >= 11 is 0. The first-order valence-corrected chi connectivity index (χ1v) is 6.61. The van der Waals surface area contributed by atoms with E-state index in [1.165, 1.54) is 10.1 Å². The monoisotopic (exact) mass is 282 g/mol. The predicted molar refractivity (Wildman–Crippen MR) is 77.3 cm³/mol. The van der Waals surface area contributed by atoms with Gasteiger partial charge in [-0.05, 0) is 17.5 Å². The molecule has 0 unspecified atom stereocenters. The molecule has 0 fully saturated rings. The quantitative estimate of drug-likeness (QED) is 0.798. The lowest BCUT2D eigenvalue weighted by atomic mass is 10.0. The Kier molecular flexibility index (Phi) is 3.13. The van der Waals surface area contributed by atoms with Crippen LogP contribution < -0.4 is 0 Å². The zero-order chi connectivity index (χ0) is 15.0. The fourth-order valence-electron chi connectivity index (χ4n) is 2.14. The van der Waals surface area contributed by atoms with Crippen molar-refractivity contribution < 1.29 is 9.90 Å². The number of benzene rings is 1. The summed E-state index contributed by atoms with van der Waals surface area (Å²) in [7, 11) is 0. The van der Waals surface area contributed by atoms with E-state index in [0.29, 0.717) is 5.92 Å². The molecule has 106 valence electrons. The van der Waals surface area contributed by atoms with Crippen molar-refractivity contribution in [3.8, 4) is 11.3 Å². The average Bonchev–Trinajstić information content (AvgIpc) is 2.91. The van der Waals surface area contributed by atoms with E-state index in [9.17, 15) is 4.79 Å². The first kappa shape index (κ1) is 13.2. The summed E-state index contributed by atoms with van der Waals surface area (Å²) in [6.07, 6.45) is 1.60. The lowest BCUT2D eigenvalue weighted by molar-refractivity contribution is 0.0684. The standard InChI is InChI=1S/C15H14N4O2/c1-9(2)10-3-5-11(6-4-10)12-7-8-16-15-17-13(14(20)21)18-19(12)15/h3-9H,1-2H3,(H,20,21). The second-order valence-corrected chi connectivity index (χ2v) is 5.06. The molecule has 3 rings (SSSR count). The van der Waals surface area contributed by atoms with Crippen LogP contribution in [0.5, 0.6) is 0 Å². The number of carboxylic acids is 1. The van der Waals surface area contributed by atoms with Gasteiger partial charge in [0.2, 0.25) is 0 Å². The summed E-state index contributed by atoms with van der Waals surface area (Å²) in [5, 5.41) is 13.0. The maximum absolute atomic E-state index is 11.0. The van der Waals surface area contributed by atoms with Gasteiger partial charge in [0.15, 0.2) is 0 Å². The second-order valence-electron chi connectivity index (χ2n) is 5.06. The number of fused-ring (bicyclic) bond motifs is 1. The van der Waals surface area contributed by atoms with Crippen LogP contribution in [0.1, 0.15) is 35.9 Å². The van der Waals surface area contributed by atoms with Crippen molar-refractivity contribution in [2.24, 2.45) is 0 Å². The molecule has 0 spiro atoms. The Labute approximate surface area is 121 Å². The minimum atomic E-state index is -1.17. The molecule has 0 aliphatic rings. The van der Waals surface area contributed by atoms with E-state index < -0.39 is 5.97 Å². The maximum Gasteiger partial charge on any atom is 0.375 e. The van der Waals surface area contributed by atoms with E-state index in [4.69, 9.17) is 5.11 Å². The number of hydrogen-bond donors (Lipinski definition) is 1. The first-order chi connectivity index (χ1) is 10.1. The highest BCUT2D eigenvalue weighted by atomic mass is 16.4. The lowest BCUT2D eigenvalue weighted by Gasteiger charge is -2.07. The van der Waals surface area contributed by atoms with Crippen molar-refractivity contribution >= 4 is 11.7 Å². The van der Waals surface area contributed by atoms with E-state index >= 15 is 0 Å². The number of aromatic nitrogens is 4. The van der Waals surface area contributed by atoms with Gasteiger partial charge in [0.05, 0.1) is 5.69 Å². The van der Waals surface area contributed by atoms with E-state index in [2.05, 4.69) is 41.0 Å². The summed E-state index contributed by atoms with van der Waals surface area (Å²) < 4.78 is 1.45. The van der Waals surface area contributed by atoms with E-state index in [1.54, 1.807) is 12.3 Å². The summed E-state index contributed by atoms with van der Waals surface area (Å²) in [5.41, 5.74) is 2.94. The van der Waals surface area contributed by atoms with Crippen LogP contribution in [0.25, 0.3) is 17.0 Å². The van der Waals surface area contributed by atoms with Crippen molar-refractivity contribution in [1.82, 2.24) is 19.6 Å². The third kappa shape index (κ3) is 2.35. The van der Waals surface area contributed by atoms with Gasteiger partial charge in [-0.3, -0.25) is 0 Å². The van der Waals surface area contributed by atoms with Crippen LogP contribution in [0.15, 0.2) is 36.5 Å². The van der Waals surface area contributed by atoms with Gasteiger partial charge >= 0.3 is 5.97 Å². The van der Waals surface area contributed by atoms with E-state index in [0.717, 1.165) is 11.3 Å². The number of nitrogens with zero attached hydrogens (tertiary/aromatic N) is 4. The summed E-state index contributed by atoms with van der Waals surface area (Å²) in [5.74, 6) is -0.685. The zero-order valence-corrected chi connectivity index (χ0v) is 11.7. The Morgan fingerprint density at radius 1 is 1.19 bits per heavy atom.